The van der Waals surface area contributed by atoms with Gasteiger partial charge in [-0.15, -0.1) is 11.6 Å². The topological polar surface area (TPSA) is 52.0 Å². The maximum absolute atomic E-state index is 6.18. The number of hydrogen-bond donors (Lipinski definition) is 2. The van der Waals surface area contributed by atoms with Crippen LogP contribution in [0.25, 0.3) is 0 Å². The molecule has 1 rings (SSSR count). The predicted molar refractivity (Wildman–Crippen MR) is 52.1 cm³/mol. The first-order chi connectivity index (χ1) is 5.73. The molecule has 0 aliphatic carbocycles. The van der Waals surface area contributed by atoms with E-state index in [0.717, 1.165) is 5.56 Å². The second kappa shape index (κ2) is 3.90. The summed E-state index contributed by atoms with van der Waals surface area (Å²) in [5, 5.41) is 0. The van der Waals surface area contributed by atoms with E-state index in [9.17, 15) is 0 Å². The van der Waals surface area contributed by atoms with E-state index in [4.69, 9.17) is 23.1 Å². The van der Waals surface area contributed by atoms with Gasteiger partial charge >= 0.3 is 0 Å². The standard InChI is InChI=1S/C9H13ClN2/c10-9(6-11,7-12)8-4-2-1-3-5-8/h1-5H,6-7,11-12H2. The van der Waals surface area contributed by atoms with E-state index in [2.05, 4.69) is 0 Å². The minimum absolute atomic E-state index is 0.356. The van der Waals surface area contributed by atoms with Crippen molar-refractivity contribution < 1.29 is 0 Å². The van der Waals surface area contributed by atoms with Gasteiger partial charge in [-0.3, -0.25) is 0 Å². The average molecular weight is 185 g/mol. The number of benzene rings is 1. The minimum Gasteiger partial charge on any atom is -0.328 e. The average Bonchev–Trinajstić information content (AvgIpc) is 2.18. The predicted octanol–water partition coefficient (Wildman–Crippen LogP) is 1.04. The Labute approximate surface area is 77.5 Å². The molecule has 66 valence electrons. The lowest BCUT2D eigenvalue weighted by Gasteiger charge is -2.23. The minimum atomic E-state index is -0.596. The van der Waals surface area contributed by atoms with Crippen molar-refractivity contribution in [2.45, 2.75) is 4.87 Å². The van der Waals surface area contributed by atoms with Gasteiger partial charge in [-0.25, -0.2) is 0 Å². The number of nitrogens with two attached hydrogens (primary N) is 2. The second-order valence-electron chi connectivity index (χ2n) is 2.74. The van der Waals surface area contributed by atoms with E-state index in [1.54, 1.807) is 0 Å². The van der Waals surface area contributed by atoms with Gasteiger partial charge in [0.1, 0.15) is 0 Å². The zero-order valence-corrected chi connectivity index (χ0v) is 7.59. The van der Waals surface area contributed by atoms with Crippen LogP contribution in [0.3, 0.4) is 0 Å². The molecule has 12 heavy (non-hydrogen) atoms. The van der Waals surface area contributed by atoms with Gasteiger partial charge in [0.25, 0.3) is 0 Å². The van der Waals surface area contributed by atoms with Crippen molar-refractivity contribution >= 4 is 11.6 Å². The summed E-state index contributed by atoms with van der Waals surface area (Å²) in [5.74, 6) is 0. The molecule has 0 radical (unpaired) electrons. The highest BCUT2D eigenvalue weighted by Crippen LogP contribution is 2.25. The molecule has 0 spiro atoms. The lowest BCUT2D eigenvalue weighted by atomic mass is 9.99. The smallest absolute Gasteiger partial charge is 0.0938 e. The number of rotatable bonds is 3. The van der Waals surface area contributed by atoms with E-state index in [-0.39, 0.29) is 0 Å². The SMILES string of the molecule is NCC(Cl)(CN)c1ccccc1. The Bertz CT molecular complexity index is 232. The van der Waals surface area contributed by atoms with Crippen molar-refractivity contribution in [1.82, 2.24) is 0 Å². The third-order valence-corrected chi connectivity index (χ3v) is 2.47. The largest absolute Gasteiger partial charge is 0.328 e. The van der Waals surface area contributed by atoms with Crippen molar-refractivity contribution in [3.63, 3.8) is 0 Å². The summed E-state index contributed by atoms with van der Waals surface area (Å²) in [5.41, 5.74) is 12.1. The Morgan fingerprint density at radius 3 is 2.00 bits per heavy atom. The molecule has 0 aromatic heterocycles. The van der Waals surface area contributed by atoms with Crippen molar-refractivity contribution in [2.24, 2.45) is 11.5 Å². The Hall–Kier alpha value is -0.570. The third-order valence-electron chi connectivity index (χ3n) is 1.94. The summed E-state index contributed by atoms with van der Waals surface area (Å²) in [6, 6.07) is 9.67. The molecule has 0 unspecified atom stereocenters. The maximum atomic E-state index is 6.18. The molecular weight excluding hydrogens is 172 g/mol. The summed E-state index contributed by atoms with van der Waals surface area (Å²) in [6.45, 7) is 0.712. The number of hydrogen-bond acceptors (Lipinski definition) is 2. The van der Waals surface area contributed by atoms with Crippen LogP contribution in [0.4, 0.5) is 0 Å². The van der Waals surface area contributed by atoms with Crippen LogP contribution in [0.5, 0.6) is 0 Å². The van der Waals surface area contributed by atoms with Crippen LogP contribution < -0.4 is 11.5 Å². The Morgan fingerprint density at radius 2 is 1.58 bits per heavy atom. The third kappa shape index (κ3) is 1.78. The van der Waals surface area contributed by atoms with Gasteiger partial charge in [0, 0.05) is 13.1 Å². The molecule has 0 atom stereocenters. The zero-order chi connectivity index (χ0) is 9.03. The first-order valence-corrected chi connectivity index (χ1v) is 4.25. The van der Waals surface area contributed by atoms with Crippen LogP contribution in [-0.2, 0) is 4.87 Å². The molecule has 0 saturated carbocycles. The first kappa shape index (κ1) is 9.52. The van der Waals surface area contributed by atoms with Crippen LogP contribution in [0, 0.1) is 0 Å². The summed E-state index contributed by atoms with van der Waals surface area (Å²) < 4.78 is 0. The molecule has 0 bridgehead atoms. The van der Waals surface area contributed by atoms with Gasteiger partial charge in [-0.2, -0.15) is 0 Å². The van der Waals surface area contributed by atoms with Crippen molar-refractivity contribution in [1.29, 1.82) is 0 Å². The van der Waals surface area contributed by atoms with Crippen LogP contribution in [-0.4, -0.2) is 13.1 Å². The molecule has 0 aliphatic rings. The lowest BCUT2D eigenvalue weighted by Crippen LogP contribution is -2.36. The van der Waals surface area contributed by atoms with Gasteiger partial charge in [-0.1, -0.05) is 30.3 Å². The molecule has 0 aliphatic heterocycles. The van der Waals surface area contributed by atoms with E-state index in [1.165, 1.54) is 0 Å². The highest BCUT2D eigenvalue weighted by molar-refractivity contribution is 6.24. The highest BCUT2D eigenvalue weighted by Gasteiger charge is 2.25. The first-order valence-electron chi connectivity index (χ1n) is 3.87. The Morgan fingerprint density at radius 1 is 1.08 bits per heavy atom. The second-order valence-corrected chi connectivity index (χ2v) is 3.46. The fourth-order valence-corrected chi connectivity index (χ4v) is 1.18. The van der Waals surface area contributed by atoms with Crippen molar-refractivity contribution in [2.75, 3.05) is 13.1 Å². The van der Waals surface area contributed by atoms with E-state index in [1.807, 2.05) is 30.3 Å². The highest BCUT2D eigenvalue weighted by atomic mass is 35.5. The lowest BCUT2D eigenvalue weighted by molar-refractivity contribution is 0.631. The van der Waals surface area contributed by atoms with E-state index in [0.29, 0.717) is 13.1 Å². The van der Waals surface area contributed by atoms with Gasteiger partial charge < -0.3 is 11.5 Å². The summed E-state index contributed by atoms with van der Waals surface area (Å²) >= 11 is 6.18. The fourth-order valence-electron chi connectivity index (χ4n) is 1.06. The molecule has 1 aromatic rings. The molecule has 0 amide bonds. The Kier molecular flexibility index (Phi) is 3.09. The van der Waals surface area contributed by atoms with Crippen molar-refractivity contribution in [3.05, 3.63) is 35.9 Å². The van der Waals surface area contributed by atoms with Crippen LogP contribution in [0.1, 0.15) is 5.56 Å². The van der Waals surface area contributed by atoms with E-state index >= 15 is 0 Å². The van der Waals surface area contributed by atoms with Gasteiger partial charge in [0.2, 0.25) is 0 Å². The zero-order valence-electron chi connectivity index (χ0n) is 6.83. The molecule has 2 nitrogen and oxygen atoms in total. The maximum Gasteiger partial charge on any atom is 0.0938 e. The molecule has 0 heterocycles. The molecule has 0 fully saturated rings. The Balaban J connectivity index is 2.95. The molecule has 1 aromatic carbocycles. The monoisotopic (exact) mass is 184 g/mol. The van der Waals surface area contributed by atoms with Crippen LogP contribution in [0.15, 0.2) is 30.3 Å². The molecule has 0 saturated heterocycles. The number of alkyl halides is 1. The van der Waals surface area contributed by atoms with Gasteiger partial charge in [0.15, 0.2) is 0 Å². The van der Waals surface area contributed by atoms with Gasteiger partial charge in [-0.05, 0) is 5.56 Å². The van der Waals surface area contributed by atoms with Crippen LogP contribution in [0.2, 0.25) is 0 Å². The quantitative estimate of drug-likeness (QED) is 0.690. The molecule has 4 N–H and O–H groups in total. The van der Waals surface area contributed by atoms with Crippen molar-refractivity contribution in [3.8, 4) is 0 Å². The normalized spacial score (nSPS) is 11.6. The molecular formula is C9H13ClN2. The van der Waals surface area contributed by atoms with Crippen LogP contribution >= 0.6 is 11.6 Å². The van der Waals surface area contributed by atoms with Gasteiger partial charge in [0.05, 0.1) is 4.87 Å². The summed E-state index contributed by atoms with van der Waals surface area (Å²) in [4.78, 5) is -0.596. The summed E-state index contributed by atoms with van der Waals surface area (Å²) in [6.07, 6.45) is 0. The van der Waals surface area contributed by atoms with E-state index < -0.39 is 4.87 Å². The summed E-state index contributed by atoms with van der Waals surface area (Å²) in [7, 11) is 0. The fraction of sp³-hybridized carbons (Fsp3) is 0.333. The number of halogens is 1. The molecule has 3 heteroatoms.